The zero-order chi connectivity index (χ0) is 21.6. The fourth-order valence-electron chi connectivity index (χ4n) is 6.39. The summed E-state index contributed by atoms with van der Waals surface area (Å²) in [6, 6.07) is 14.9. The van der Waals surface area contributed by atoms with Crippen LogP contribution in [0.2, 0.25) is 0 Å². The maximum Gasteiger partial charge on any atom is 0.338 e. The number of carbonyl (C=O) groups excluding carboxylic acids is 2. The molecule has 0 saturated heterocycles. The van der Waals surface area contributed by atoms with Gasteiger partial charge in [-0.1, -0.05) is 41.8 Å². The summed E-state index contributed by atoms with van der Waals surface area (Å²) in [4.78, 5) is 25.9. The molecule has 162 valence electrons. The molecule has 0 heterocycles. The first-order valence-electron chi connectivity index (χ1n) is 11.5. The number of ether oxygens (including phenoxy) is 2. The molecule has 3 fully saturated rings. The lowest BCUT2D eigenvalue weighted by molar-refractivity contribution is -0.102. The third-order valence-corrected chi connectivity index (χ3v) is 7.94. The van der Waals surface area contributed by atoms with Crippen LogP contribution in [0.5, 0.6) is 0 Å². The van der Waals surface area contributed by atoms with E-state index in [0.717, 1.165) is 30.4 Å². The van der Waals surface area contributed by atoms with Crippen molar-refractivity contribution in [1.82, 2.24) is 0 Å². The van der Waals surface area contributed by atoms with Crippen molar-refractivity contribution in [3.05, 3.63) is 70.8 Å². The molecule has 0 radical (unpaired) electrons. The molecule has 2 bridgehead atoms. The van der Waals surface area contributed by atoms with Crippen molar-refractivity contribution >= 4 is 11.9 Å². The quantitative estimate of drug-likeness (QED) is 0.602. The molecule has 5 rings (SSSR count). The van der Waals surface area contributed by atoms with Gasteiger partial charge in [0.25, 0.3) is 0 Å². The molecule has 0 spiro atoms. The maximum absolute atomic E-state index is 13.0. The molecule has 3 aliphatic carbocycles. The monoisotopic (exact) mass is 418 g/mol. The average Bonchev–Trinajstić information content (AvgIpc) is 3.28. The summed E-state index contributed by atoms with van der Waals surface area (Å²) in [6.45, 7) is 3.99. The van der Waals surface area contributed by atoms with Crippen molar-refractivity contribution in [1.29, 1.82) is 0 Å². The zero-order valence-corrected chi connectivity index (χ0v) is 18.3. The fraction of sp³-hybridized carbons (Fsp3) is 0.481. The van der Waals surface area contributed by atoms with Crippen LogP contribution in [-0.4, -0.2) is 24.1 Å². The molecule has 2 aromatic carbocycles. The van der Waals surface area contributed by atoms with Gasteiger partial charge in [0.05, 0.1) is 11.1 Å². The smallest absolute Gasteiger partial charge is 0.338 e. The predicted octanol–water partition coefficient (Wildman–Crippen LogP) is 5.65. The first-order valence-corrected chi connectivity index (χ1v) is 11.5. The minimum absolute atomic E-state index is 0.260. The third kappa shape index (κ3) is 3.66. The summed E-state index contributed by atoms with van der Waals surface area (Å²) in [5.74, 6) is 0.214. The molecule has 31 heavy (non-hydrogen) atoms. The number of hydrogen-bond acceptors (Lipinski definition) is 4. The van der Waals surface area contributed by atoms with Crippen molar-refractivity contribution in [3.63, 3.8) is 0 Å². The molecule has 0 N–H and O–H groups in total. The van der Waals surface area contributed by atoms with Gasteiger partial charge in [-0.05, 0) is 81.5 Å². The molecule has 2 aromatic rings. The van der Waals surface area contributed by atoms with Gasteiger partial charge in [-0.25, -0.2) is 9.59 Å². The number of benzene rings is 2. The molecular formula is C27H30O4. The average molecular weight is 419 g/mol. The Hall–Kier alpha value is -2.62. The van der Waals surface area contributed by atoms with Gasteiger partial charge >= 0.3 is 11.9 Å². The van der Waals surface area contributed by atoms with Crippen LogP contribution in [0.3, 0.4) is 0 Å². The van der Waals surface area contributed by atoms with Crippen molar-refractivity contribution in [2.24, 2.45) is 17.3 Å². The van der Waals surface area contributed by atoms with Crippen LogP contribution in [0.25, 0.3) is 0 Å². The Balaban J connectivity index is 1.39. The van der Waals surface area contributed by atoms with E-state index < -0.39 is 0 Å². The Kier molecular flexibility index (Phi) is 5.11. The van der Waals surface area contributed by atoms with E-state index in [-0.39, 0.29) is 35.5 Å². The fourth-order valence-corrected chi connectivity index (χ4v) is 6.39. The highest BCUT2D eigenvalue weighted by atomic mass is 16.6. The van der Waals surface area contributed by atoms with E-state index in [9.17, 15) is 9.59 Å². The second-order valence-electron chi connectivity index (χ2n) is 9.81. The van der Waals surface area contributed by atoms with E-state index in [2.05, 4.69) is 0 Å². The normalized spacial score (nSPS) is 31.2. The van der Waals surface area contributed by atoms with E-state index in [1.807, 2.05) is 50.2 Å². The molecule has 0 aromatic heterocycles. The first-order chi connectivity index (χ1) is 14.9. The molecule has 3 saturated carbocycles. The molecule has 0 aliphatic heterocycles. The summed E-state index contributed by atoms with van der Waals surface area (Å²) >= 11 is 0. The Morgan fingerprint density at radius 1 is 0.806 bits per heavy atom. The summed E-state index contributed by atoms with van der Waals surface area (Å²) in [5.41, 5.74) is 3.56. The Morgan fingerprint density at radius 2 is 1.39 bits per heavy atom. The molecule has 5 unspecified atom stereocenters. The number of carbonyl (C=O) groups is 2. The number of esters is 2. The van der Waals surface area contributed by atoms with Gasteiger partial charge in [-0.2, -0.15) is 0 Å². The molecule has 5 atom stereocenters. The Labute approximate surface area is 183 Å². The number of rotatable bonds is 4. The summed E-state index contributed by atoms with van der Waals surface area (Å²) in [7, 11) is 0. The van der Waals surface area contributed by atoms with E-state index >= 15 is 0 Å². The minimum Gasteiger partial charge on any atom is -0.455 e. The van der Waals surface area contributed by atoms with E-state index in [1.54, 1.807) is 12.1 Å². The molecule has 4 heteroatoms. The first kappa shape index (κ1) is 20.3. The van der Waals surface area contributed by atoms with Crippen LogP contribution >= 0.6 is 0 Å². The summed E-state index contributed by atoms with van der Waals surface area (Å²) in [5, 5.41) is 0. The van der Waals surface area contributed by atoms with Crippen LogP contribution in [0, 0.1) is 31.1 Å². The maximum atomic E-state index is 13.0. The standard InChI is InChI=1S/C27H30O4/c1-17-5-9-19(10-6-17)25(28)30-23-16-27-14-3-4-22(27)21(13-15-27)24(23)31-26(29)20-11-7-18(2)8-12-20/h5-12,21-24H,3-4,13-16H2,1-2H3. The largest absolute Gasteiger partial charge is 0.455 e. The van der Waals surface area contributed by atoms with Crippen molar-refractivity contribution in [3.8, 4) is 0 Å². The zero-order valence-electron chi connectivity index (χ0n) is 18.3. The summed E-state index contributed by atoms with van der Waals surface area (Å²) in [6.07, 6.45) is 5.87. The van der Waals surface area contributed by atoms with E-state index in [0.29, 0.717) is 17.0 Å². The van der Waals surface area contributed by atoms with Crippen LogP contribution in [0.1, 0.15) is 70.4 Å². The Bertz CT molecular complexity index is 977. The van der Waals surface area contributed by atoms with Gasteiger partial charge in [-0.3, -0.25) is 0 Å². The minimum atomic E-state index is -0.384. The lowest BCUT2D eigenvalue weighted by atomic mass is 9.67. The highest BCUT2D eigenvalue weighted by molar-refractivity contribution is 5.90. The second kappa shape index (κ2) is 7.81. The predicted molar refractivity (Wildman–Crippen MR) is 118 cm³/mol. The van der Waals surface area contributed by atoms with Crippen LogP contribution in [-0.2, 0) is 9.47 Å². The van der Waals surface area contributed by atoms with Crippen molar-refractivity contribution < 1.29 is 19.1 Å². The molecule has 3 aliphatic rings. The third-order valence-electron chi connectivity index (χ3n) is 7.94. The van der Waals surface area contributed by atoms with Crippen LogP contribution in [0.4, 0.5) is 0 Å². The highest BCUT2D eigenvalue weighted by Crippen LogP contribution is 2.64. The SMILES string of the molecule is Cc1ccc(C(=O)OC2CC34CCCC3C(CC4)C2OC(=O)c2ccc(C)cc2)cc1. The molecule has 4 nitrogen and oxygen atoms in total. The highest BCUT2D eigenvalue weighted by Gasteiger charge is 2.61. The van der Waals surface area contributed by atoms with Gasteiger partial charge in [0, 0.05) is 5.92 Å². The Morgan fingerprint density at radius 3 is 2.00 bits per heavy atom. The number of aryl methyl sites for hydroxylation is 2. The van der Waals surface area contributed by atoms with Gasteiger partial charge in [0.1, 0.15) is 12.2 Å². The van der Waals surface area contributed by atoms with Gasteiger partial charge in [0.15, 0.2) is 0 Å². The molecule has 0 amide bonds. The topological polar surface area (TPSA) is 52.6 Å². The van der Waals surface area contributed by atoms with Gasteiger partial charge < -0.3 is 9.47 Å². The van der Waals surface area contributed by atoms with Crippen LogP contribution < -0.4 is 0 Å². The lowest BCUT2D eigenvalue weighted by Gasteiger charge is -2.44. The van der Waals surface area contributed by atoms with Crippen molar-refractivity contribution in [2.75, 3.05) is 0 Å². The van der Waals surface area contributed by atoms with E-state index in [1.165, 1.54) is 19.3 Å². The lowest BCUT2D eigenvalue weighted by Crippen LogP contribution is -2.49. The number of hydrogen-bond donors (Lipinski definition) is 0. The second-order valence-corrected chi connectivity index (χ2v) is 9.81. The van der Waals surface area contributed by atoms with Gasteiger partial charge in [-0.15, -0.1) is 0 Å². The van der Waals surface area contributed by atoms with Crippen molar-refractivity contribution in [2.45, 2.75) is 64.6 Å². The molecular weight excluding hydrogens is 388 g/mol. The summed E-state index contributed by atoms with van der Waals surface area (Å²) < 4.78 is 12.2. The van der Waals surface area contributed by atoms with E-state index in [4.69, 9.17) is 9.47 Å². The van der Waals surface area contributed by atoms with Crippen LogP contribution in [0.15, 0.2) is 48.5 Å². The van der Waals surface area contributed by atoms with Gasteiger partial charge in [0.2, 0.25) is 0 Å².